The van der Waals surface area contributed by atoms with Gasteiger partial charge in [0.05, 0.1) is 5.56 Å². The molecule has 1 N–H and O–H groups in total. The van der Waals surface area contributed by atoms with Crippen LogP contribution in [0.15, 0.2) is 42.5 Å². The van der Waals surface area contributed by atoms with Crippen molar-refractivity contribution in [2.45, 2.75) is 18.3 Å². The lowest BCUT2D eigenvalue weighted by atomic mass is 9.75. The first-order chi connectivity index (χ1) is 11.6. The van der Waals surface area contributed by atoms with Crippen molar-refractivity contribution >= 4 is 35.6 Å². The molecule has 0 atom stereocenters. The number of hydrogen-bond acceptors (Lipinski definition) is 2. The summed E-state index contributed by atoms with van der Waals surface area (Å²) < 4.78 is 14.1. The molecule has 2 aromatic carbocycles. The van der Waals surface area contributed by atoms with Gasteiger partial charge in [-0.3, -0.25) is 4.79 Å². The summed E-state index contributed by atoms with van der Waals surface area (Å²) in [5.41, 5.74) is 1.99. The molecule has 4 rings (SSSR count). The number of amides is 1. The number of hydrogen-bond donors (Lipinski definition) is 1. The molecule has 0 radical (unpaired) electrons. The average molecular weight is 381 g/mol. The van der Waals surface area contributed by atoms with Gasteiger partial charge in [-0.15, -0.1) is 12.4 Å². The standard InChI is InChI=1S/C19H18ClFN2O.ClH/c20-13-5-6-17-15(11-13)19(7-9-22-10-8-19)12-23(17)18(24)14-3-1-2-4-16(14)21;/h1-6,11,22H,7-10,12H2;1H. The lowest BCUT2D eigenvalue weighted by molar-refractivity contribution is 0.0979. The Morgan fingerprint density at radius 1 is 1.16 bits per heavy atom. The van der Waals surface area contributed by atoms with E-state index in [0.717, 1.165) is 37.2 Å². The van der Waals surface area contributed by atoms with Crippen LogP contribution in [0.4, 0.5) is 10.1 Å². The summed E-state index contributed by atoms with van der Waals surface area (Å²) in [6.45, 7) is 2.40. The van der Waals surface area contributed by atoms with E-state index in [4.69, 9.17) is 11.6 Å². The van der Waals surface area contributed by atoms with E-state index in [1.165, 1.54) is 6.07 Å². The molecule has 2 aliphatic rings. The zero-order valence-corrected chi connectivity index (χ0v) is 15.2. The van der Waals surface area contributed by atoms with E-state index >= 15 is 0 Å². The minimum absolute atomic E-state index is 0. The highest BCUT2D eigenvalue weighted by atomic mass is 35.5. The third-order valence-corrected chi connectivity index (χ3v) is 5.43. The molecule has 0 bridgehead atoms. The monoisotopic (exact) mass is 380 g/mol. The van der Waals surface area contributed by atoms with Gasteiger partial charge in [0.15, 0.2) is 0 Å². The number of nitrogens with zero attached hydrogens (tertiary/aromatic N) is 1. The summed E-state index contributed by atoms with van der Waals surface area (Å²) in [6, 6.07) is 11.8. The van der Waals surface area contributed by atoms with Gasteiger partial charge in [-0.2, -0.15) is 0 Å². The predicted molar refractivity (Wildman–Crippen MR) is 101 cm³/mol. The van der Waals surface area contributed by atoms with Crippen LogP contribution >= 0.6 is 24.0 Å². The van der Waals surface area contributed by atoms with Gasteiger partial charge >= 0.3 is 0 Å². The number of anilines is 1. The Morgan fingerprint density at radius 3 is 2.60 bits per heavy atom. The highest BCUT2D eigenvalue weighted by molar-refractivity contribution is 6.30. The quantitative estimate of drug-likeness (QED) is 0.804. The van der Waals surface area contributed by atoms with E-state index in [1.807, 2.05) is 12.1 Å². The smallest absolute Gasteiger partial charge is 0.261 e. The molecule has 1 spiro atoms. The summed E-state index contributed by atoms with van der Waals surface area (Å²) in [5, 5.41) is 4.04. The Morgan fingerprint density at radius 2 is 1.88 bits per heavy atom. The Balaban J connectivity index is 0.00000182. The molecule has 0 aliphatic carbocycles. The topological polar surface area (TPSA) is 32.3 Å². The summed E-state index contributed by atoms with van der Waals surface area (Å²) >= 11 is 6.22. The van der Waals surface area contributed by atoms with Crippen LogP contribution in [0.1, 0.15) is 28.8 Å². The molecule has 2 aromatic rings. The van der Waals surface area contributed by atoms with Crippen LogP contribution < -0.4 is 10.2 Å². The molecule has 3 nitrogen and oxygen atoms in total. The van der Waals surface area contributed by atoms with Gasteiger partial charge in [0.25, 0.3) is 5.91 Å². The van der Waals surface area contributed by atoms with Gasteiger partial charge in [-0.05, 0) is 61.8 Å². The predicted octanol–water partition coefficient (Wildman–Crippen LogP) is 4.18. The molecule has 132 valence electrons. The summed E-state index contributed by atoms with van der Waals surface area (Å²) in [5.74, 6) is -0.767. The number of fused-ring (bicyclic) bond motifs is 2. The van der Waals surface area contributed by atoms with Crippen molar-refractivity contribution in [1.29, 1.82) is 0 Å². The number of carbonyl (C=O) groups is 1. The van der Waals surface area contributed by atoms with E-state index < -0.39 is 5.82 Å². The third-order valence-electron chi connectivity index (χ3n) is 5.19. The zero-order valence-electron chi connectivity index (χ0n) is 13.6. The van der Waals surface area contributed by atoms with Crippen LogP contribution in [0.25, 0.3) is 0 Å². The minimum Gasteiger partial charge on any atom is -0.317 e. The lowest BCUT2D eigenvalue weighted by Gasteiger charge is -2.34. The lowest BCUT2D eigenvalue weighted by Crippen LogP contribution is -2.44. The molecule has 1 fully saturated rings. The molecule has 25 heavy (non-hydrogen) atoms. The second-order valence-corrected chi connectivity index (χ2v) is 7.00. The molecule has 1 amide bonds. The van der Waals surface area contributed by atoms with Crippen molar-refractivity contribution in [2.75, 3.05) is 24.5 Å². The van der Waals surface area contributed by atoms with Crippen LogP contribution in [0, 0.1) is 5.82 Å². The summed E-state index contributed by atoms with van der Waals surface area (Å²) in [6.07, 6.45) is 1.89. The van der Waals surface area contributed by atoms with Gasteiger partial charge in [-0.1, -0.05) is 23.7 Å². The SMILES string of the molecule is Cl.O=C(c1ccccc1F)N1CC2(CCNCC2)c2cc(Cl)ccc21. The highest BCUT2D eigenvalue weighted by Gasteiger charge is 2.45. The number of piperidine rings is 1. The first-order valence-corrected chi connectivity index (χ1v) is 8.56. The van der Waals surface area contributed by atoms with Gasteiger partial charge in [0.1, 0.15) is 5.82 Å². The number of nitrogens with one attached hydrogen (secondary N) is 1. The highest BCUT2D eigenvalue weighted by Crippen LogP contribution is 2.47. The van der Waals surface area contributed by atoms with Crippen molar-refractivity contribution in [3.05, 3.63) is 64.4 Å². The molecule has 1 saturated heterocycles. The van der Waals surface area contributed by atoms with Gasteiger partial charge in [0, 0.05) is 22.7 Å². The molecule has 6 heteroatoms. The number of rotatable bonds is 1. The van der Waals surface area contributed by atoms with Gasteiger partial charge in [-0.25, -0.2) is 4.39 Å². The van der Waals surface area contributed by atoms with Crippen LogP contribution in [-0.2, 0) is 5.41 Å². The fourth-order valence-electron chi connectivity index (χ4n) is 3.94. The van der Waals surface area contributed by atoms with E-state index in [0.29, 0.717) is 11.6 Å². The van der Waals surface area contributed by atoms with E-state index in [2.05, 4.69) is 5.32 Å². The van der Waals surface area contributed by atoms with Crippen LogP contribution in [0.5, 0.6) is 0 Å². The maximum absolute atomic E-state index is 14.1. The second kappa shape index (κ2) is 6.94. The fraction of sp³-hybridized carbons (Fsp3) is 0.316. The fourth-order valence-corrected chi connectivity index (χ4v) is 4.11. The van der Waals surface area contributed by atoms with Gasteiger partial charge < -0.3 is 10.2 Å². The van der Waals surface area contributed by atoms with Crippen molar-refractivity contribution in [3.63, 3.8) is 0 Å². The Labute approximate surface area is 157 Å². The molecular formula is C19H19Cl2FN2O. The molecular weight excluding hydrogens is 362 g/mol. The van der Waals surface area contributed by atoms with Crippen molar-refractivity contribution < 1.29 is 9.18 Å². The molecule has 2 heterocycles. The summed E-state index contributed by atoms with van der Waals surface area (Å²) in [4.78, 5) is 14.7. The number of halogens is 3. The Bertz CT molecular complexity index is 806. The normalized spacial score (nSPS) is 17.9. The number of benzene rings is 2. The zero-order chi connectivity index (χ0) is 16.7. The first-order valence-electron chi connectivity index (χ1n) is 8.18. The first kappa shape index (κ1) is 18.2. The van der Waals surface area contributed by atoms with Crippen molar-refractivity contribution in [2.24, 2.45) is 0 Å². The Hall–Kier alpha value is -1.62. The van der Waals surface area contributed by atoms with E-state index in [1.54, 1.807) is 29.2 Å². The molecule has 0 unspecified atom stereocenters. The van der Waals surface area contributed by atoms with Crippen LogP contribution in [-0.4, -0.2) is 25.5 Å². The maximum Gasteiger partial charge on any atom is 0.261 e. The Kier molecular flexibility index (Phi) is 5.05. The molecule has 2 aliphatic heterocycles. The molecule has 0 aromatic heterocycles. The average Bonchev–Trinajstić information content (AvgIpc) is 2.89. The maximum atomic E-state index is 14.1. The second-order valence-electron chi connectivity index (χ2n) is 6.56. The van der Waals surface area contributed by atoms with E-state index in [9.17, 15) is 9.18 Å². The van der Waals surface area contributed by atoms with E-state index in [-0.39, 0.29) is 29.3 Å². The van der Waals surface area contributed by atoms with Crippen LogP contribution in [0.2, 0.25) is 5.02 Å². The number of carbonyl (C=O) groups excluding carboxylic acids is 1. The van der Waals surface area contributed by atoms with Crippen LogP contribution in [0.3, 0.4) is 0 Å². The van der Waals surface area contributed by atoms with Crippen molar-refractivity contribution in [1.82, 2.24) is 5.32 Å². The molecule has 0 saturated carbocycles. The third kappa shape index (κ3) is 3.03. The minimum atomic E-state index is -0.482. The largest absolute Gasteiger partial charge is 0.317 e. The summed E-state index contributed by atoms with van der Waals surface area (Å²) in [7, 11) is 0. The van der Waals surface area contributed by atoms with Crippen molar-refractivity contribution in [3.8, 4) is 0 Å². The van der Waals surface area contributed by atoms with Gasteiger partial charge in [0.2, 0.25) is 0 Å².